The van der Waals surface area contributed by atoms with Crippen molar-refractivity contribution in [3.05, 3.63) is 0 Å². The fourth-order valence-corrected chi connectivity index (χ4v) is 0.510. The molecule has 4 heteroatoms. The Balaban J connectivity index is -0.00000000208. The van der Waals surface area contributed by atoms with Crippen LogP contribution in [0.5, 0.6) is 0 Å². The molecule has 1 aliphatic rings. The molecule has 0 unspecified atom stereocenters. The van der Waals surface area contributed by atoms with Crippen molar-refractivity contribution in [2.24, 2.45) is 0 Å². The Morgan fingerprint density at radius 1 is 0.600 bits per heavy atom. The van der Waals surface area contributed by atoms with Crippen molar-refractivity contribution in [1.82, 2.24) is 0 Å². The zero-order valence-electron chi connectivity index (χ0n) is 7.24. The van der Waals surface area contributed by atoms with E-state index in [9.17, 15) is 0 Å². The molecule has 1 rings (SSSR count). The van der Waals surface area contributed by atoms with E-state index in [2.05, 4.69) is 0 Å². The molecule has 0 aromatic rings. The van der Waals surface area contributed by atoms with Gasteiger partial charge in [-0.3, -0.25) is 0 Å². The predicted octanol–water partition coefficient (Wildman–Crippen LogP) is -1.70. The van der Waals surface area contributed by atoms with Crippen molar-refractivity contribution in [1.29, 1.82) is 0 Å². The van der Waals surface area contributed by atoms with E-state index in [1.54, 1.807) is 0 Å². The van der Waals surface area contributed by atoms with Gasteiger partial charge in [-0.05, 0) is 12.8 Å². The second-order valence-electron chi connectivity index (χ2n) is 1.32. The Morgan fingerprint density at radius 2 is 0.800 bits per heavy atom. The molecule has 1 fully saturated rings. The van der Waals surface area contributed by atoms with Crippen molar-refractivity contribution in [3.8, 4) is 0 Å². The van der Waals surface area contributed by atoms with Gasteiger partial charge in [-0.2, -0.15) is 0 Å². The average Bonchev–Trinajstić information content (AvgIpc) is 1.76. The van der Waals surface area contributed by atoms with E-state index in [4.69, 9.17) is 4.74 Å². The van der Waals surface area contributed by atoms with Crippen LogP contribution in [0.15, 0.2) is 0 Å². The van der Waals surface area contributed by atoms with Crippen LogP contribution in [0, 0.1) is 0 Å². The van der Waals surface area contributed by atoms with Gasteiger partial charge in [-0.25, -0.2) is 0 Å². The minimum absolute atomic E-state index is 0. The summed E-state index contributed by atoms with van der Waals surface area (Å²) in [4.78, 5) is 0. The number of ether oxygens (including phenoxy) is 1. The maximum absolute atomic E-state index is 4.94. The maximum atomic E-state index is 4.94. The third-order valence-corrected chi connectivity index (χ3v) is 0.827. The molecule has 15 heavy (non-hydrogen) atoms. The van der Waals surface area contributed by atoms with E-state index in [1.807, 2.05) is 0 Å². The second-order valence-corrected chi connectivity index (χ2v) is 1.32. The Kier molecular flexibility index (Phi) is 463. The second kappa shape index (κ2) is 75.7. The molecule has 0 aromatic heterocycles. The minimum atomic E-state index is 0. The van der Waals surface area contributed by atoms with Crippen LogP contribution >= 0.6 is 0 Å². The normalized spacial score (nSPS) is 8.00. The smallest absolute Gasteiger partial charge is 1.00 e. The first-order valence-electron chi connectivity index (χ1n) is 2.08. The molecule has 0 amide bonds. The van der Waals surface area contributed by atoms with Gasteiger partial charge in [0.25, 0.3) is 0 Å². The van der Waals surface area contributed by atoms with Crippen LogP contribution in [0.25, 0.3) is 0 Å². The first-order chi connectivity index (χ1) is 2.50. The van der Waals surface area contributed by atoms with Crippen molar-refractivity contribution in [3.63, 3.8) is 0 Å². The molecule has 1 saturated heterocycles. The molecular weight excluding hydrogens is 189 g/mol. The fraction of sp³-hybridized carbons (Fsp3) is 1.00. The molecule has 0 aliphatic carbocycles. The summed E-state index contributed by atoms with van der Waals surface area (Å²) >= 11 is 0. The summed E-state index contributed by atoms with van der Waals surface area (Å²) in [6.07, 6.45) is 2.56. The van der Waals surface area contributed by atoms with Crippen LogP contribution in [0.2, 0.25) is 0 Å². The van der Waals surface area contributed by atoms with Gasteiger partial charge in [-0.1, -0.05) is 52.0 Å². The number of hydrogen-bond donors (Lipinski definition) is 0. The van der Waals surface area contributed by atoms with Gasteiger partial charge >= 0.3 is 37.7 Å². The summed E-state index contributed by atoms with van der Waals surface area (Å²) in [6.45, 7) is 2.00. The molecule has 0 saturated carbocycles. The van der Waals surface area contributed by atoms with Gasteiger partial charge in [0, 0.05) is 13.2 Å². The van der Waals surface area contributed by atoms with Crippen LogP contribution in [0.1, 0.15) is 67.7 Å². The third-order valence-electron chi connectivity index (χ3n) is 0.827. The first-order valence-corrected chi connectivity index (χ1v) is 2.08. The predicted molar refractivity (Wildman–Crippen MR) is 79.3 cm³/mol. The Labute approximate surface area is 140 Å². The Hall–Kier alpha value is 1.69. The molecular formula is C11H41AlLi2O. The Morgan fingerprint density at radius 3 is 0.867 bits per heavy atom. The monoisotopic (exact) mass is 230 g/mol. The van der Waals surface area contributed by atoms with E-state index in [0.717, 1.165) is 13.2 Å². The van der Waals surface area contributed by atoms with E-state index in [-0.39, 0.29) is 110 Å². The summed E-state index contributed by atoms with van der Waals surface area (Å²) in [7, 11) is 0. The van der Waals surface area contributed by atoms with Gasteiger partial charge in [0.2, 0.25) is 0 Å². The quantitative estimate of drug-likeness (QED) is 0.451. The van der Waals surface area contributed by atoms with Gasteiger partial charge in [-0.15, -0.1) is 0 Å². The van der Waals surface area contributed by atoms with Gasteiger partial charge in [0.15, 0.2) is 17.4 Å². The summed E-state index contributed by atoms with van der Waals surface area (Å²) in [5, 5.41) is 0. The molecule has 1 aliphatic heterocycles. The zero-order chi connectivity index (χ0) is 3.54. The van der Waals surface area contributed by atoms with Crippen LogP contribution < -0.4 is 37.7 Å². The van der Waals surface area contributed by atoms with Crippen LogP contribution in [0.4, 0.5) is 0 Å². The summed E-state index contributed by atoms with van der Waals surface area (Å²) in [5.74, 6) is 0. The number of hydrogen-bond acceptors (Lipinski definition) is 1. The summed E-state index contributed by atoms with van der Waals surface area (Å²) < 4.78 is 4.94. The van der Waals surface area contributed by atoms with Gasteiger partial charge in [0.05, 0.1) is 0 Å². The molecule has 0 aromatic carbocycles. The molecule has 1 nitrogen and oxygen atoms in total. The van der Waals surface area contributed by atoms with E-state index >= 15 is 0 Å². The summed E-state index contributed by atoms with van der Waals surface area (Å²) in [6, 6.07) is 0. The topological polar surface area (TPSA) is 9.23 Å². The van der Waals surface area contributed by atoms with Crippen LogP contribution in [-0.2, 0) is 4.74 Å². The van der Waals surface area contributed by atoms with Crippen LogP contribution in [0.3, 0.4) is 0 Å². The molecule has 0 N–H and O–H groups in total. The van der Waals surface area contributed by atoms with Crippen molar-refractivity contribution >= 4 is 17.4 Å². The SMILES string of the molecule is C.C.C.C.C.C.C.C1CCOC1.[AlH3].[H-].[H-].[Li+].[Li+]. The van der Waals surface area contributed by atoms with E-state index in [1.165, 1.54) is 12.8 Å². The third kappa shape index (κ3) is 65.7. The van der Waals surface area contributed by atoms with Crippen LogP contribution in [-0.4, -0.2) is 30.6 Å². The molecule has 0 atom stereocenters. The van der Waals surface area contributed by atoms with Crippen molar-refractivity contribution in [2.75, 3.05) is 13.2 Å². The minimum Gasteiger partial charge on any atom is -1.00 e. The Bertz CT molecular complexity index is 39.0. The standard InChI is InChI=1S/C4H8O.7CH4.Al.2Li.5H/c1-2-4-5-3-1;;;;;;;;;;;;;;;/h1-4H2;7*1H4;;;;;;;;/q;;;;;;;;;2*+1;;;;2*-1. The molecule has 0 spiro atoms. The number of rotatable bonds is 0. The average molecular weight is 230 g/mol. The zero-order valence-corrected chi connectivity index (χ0v) is 5.24. The van der Waals surface area contributed by atoms with Crippen molar-refractivity contribution in [2.45, 2.75) is 64.8 Å². The van der Waals surface area contributed by atoms with Gasteiger partial charge in [0.1, 0.15) is 0 Å². The first kappa shape index (κ1) is 91.8. The summed E-state index contributed by atoms with van der Waals surface area (Å²) in [5.41, 5.74) is 0. The van der Waals surface area contributed by atoms with Crippen molar-refractivity contribution < 1.29 is 45.3 Å². The molecule has 0 bridgehead atoms. The molecule has 1 heterocycles. The van der Waals surface area contributed by atoms with E-state index in [0.29, 0.717) is 0 Å². The fourth-order valence-electron chi connectivity index (χ4n) is 0.510. The molecule has 96 valence electrons. The van der Waals surface area contributed by atoms with E-state index < -0.39 is 0 Å². The largest absolute Gasteiger partial charge is 1.00 e. The van der Waals surface area contributed by atoms with Gasteiger partial charge < -0.3 is 7.59 Å². The maximum Gasteiger partial charge on any atom is 1.00 e. The molecule has 0 radical (unpaired) electrons.